The average molecular weight is 386 g/mol. The van der Waals surface area contributed by atoms with Crippen molar-refractivity contribution in [3.8, 4) is 0 Å². The fraction of sp³-hybridized carbons (Fsp3) is 0.350. The van der Waals surface area contributed by atoms with E-state index in [0.717, 1.165) is 10.5 Å². The van der Waals surface area contributed by atoms with E-state index >= 15 is 0 Å². The molecule has 28 heavy (non-hydrogen) atoms. The number of H-pyrrole nitrogens is 1. The number of benzene rings is 1. The van der Waals surface area contributed by atoms with Crippen molar-refractivity contribution in [2.75, 3.05) is 37.8 Å². The van der Waals surface area contributed by atoms with Crippen molar-refractivity contribution in [2.45, 2.75) is 20.4 Å². The molecule has 4 N–H and O–H groups in total. The van der Waals surface area contributed by atoms with Gasteiger partial charge in [0.1, 0.15) is 5.82 Å². The number of hydrogen-bond acceptors (Lipinski definition) is 4. The van der Waals surface area contributed by atoms with Crippen molar-refractivity contribution in [3.05, 3.63) is 68.4 Å². The van der Waals surface area contributed by atoms with Crippen LogP contribution in [0.15, 0.2) is 51.6 Å². The molecule has 150 valence electrons. The Morgan fingerprint density at radius 1 is 1.25 bits per heavy atom. The number of nitrogen functional groups attached to an aromatic ring is 1. The molecule has 1 amide bonds. The van der Waals surface area contributed by atoms with E-state index < -0.39 is 11.2 Å². The molecule has 0 bridgehead atoms. The second-order valence-corrected chi connectivity index (χ2v) is 7.14. The first kappa shape index (κ1) is 21.2. The van der Waals surface area contributed by atoms with Crippen molar-refractivity contribution >= 4 is 17.4 Å². The zero-order valence-corrected chi connectivity index (χ0v) is 16.8. The van der Waals surface area contributed by atoms with Crippen LogP contribution in [0.2, 0.25) is 0 Å². The summed E-state index contributed by atoms with van der Waals surface area (Å²) in [7, 11) is 3.39. The van der Waals surface area contributed by atoms with Crippen LogP contribution < -0.4 is 26.8 Å². The van der Waals surface area contributed by atoms with Crippen LogP contribution in [-0.2, 0) is 11.3 Å². The molecule has 0 spiro atoms. The highest BCUT2D eigenvalue weighted by Gasteiger charge is 2.23. The molecule has 0 saturated heterocycles. The SMILES string of the molecule is CC(C)=CC[NH+](C)CC(=O)N(C)c1c(N)n(Cc2ccccc2)c(=O)[nH]c1=O. The summed E-state index contributed by atoms with van der Waals surface area (Å²) >= 11 is 0. The first-order valence-corrected chi connectivity index (χ1v) is 9.08. The van der Waals surface area contributed by atoms with Gasteiger partial charge in [-0.05, 0) is 25.5 Å². The number of nitrogens with zero attached hydrogens (tertiary/aromatic N) is 2. The molecular formula is C20H28N5O3+. The Morgan fingerprint density at radius 3 is 2.50 bits per heavy atom. The van der Waals surface area contributed by atoms with E-state index in [1.54, 1.807) is 0 Å². The molecule has 0 aliphatic carbocycles. The van der Waals surface area contributed by atoms with Crippen LogP contribution in [0, 0.1) is 0 Å². The lowest BCUT2D eigenvalue weighted by atomic mass is 10.2. The van der Waals surface area contributed by atoms with E-state index in [-0.39, 0.29) is 30.5 Å². The second kappa shape index (κ2) is 9.18. The third kappa shape index (κ3) is 5.20. The summed E-state index contributed by atoms with van der Waals surface area (Å²) in [5.41, 5.74) is 6.86. The van der Waals surface area contributed by atoms with Gasteiger partial charge in [-0.25, -0.2) is 4.79 Å². The maximum absolute atomic E-state index is 12.6. The molecule has 0 radical (unpaired) electrons. The van der Waals surface area contributed by atoms with Gasteiger partial charge in [-0.15, -0.1) is 0 Å². The average Bonchev–Trinajstić information content (AvgIpc) is 2.64. The van der Waals surface area contributed by atoms with Gasteiger partial charge in [0.15, 0.2) is 12.2 Å². The van der Waals surface area contributed by atoms with Crippen LogP contribution in [0.3, 0.4) is 0 Å². The lowest BCUT2D eigenvalue weighted by molar-refractivity contribution is -0.864. The number of carbonyl (C=O) groups is 1. The van der Waals surface area contributed by atoms with E-state index in [0.29, 0.717) is 6.54 Å². The number of allylic oxidation sites excluding steroid dienone is 1. The Labute approximate surface area is 163 Å². The Morgan fingerprint density at radius 2 is 1.89 bits per heavy atom. The first-order valence-electron chi connectivity index (χ1n) is 9.08. The lowest BCUT2D eigenvalue weighted by Crippen LogP contribution is -3.10. The first-order chi connectivity index (χ1) is 13.2. The largest absolute Gasteiger partial charge is 0.383 e. The molecule has 0 aliphatic rings. The molecule has 8 nitrogen and oxygen atoms in total. The molecule has 1 aromatic carbocycles. The fourth-order valence-corrected chi connectivity index (χ4v) is 2.78. The summed E-state index contributed by atoms with van der Waals surface area (Å²) in [6.07, 6.45) is 2.05. The molecule has 2 rings (SSSR count). The maximum atomic E-state index is 12.6. The molecule has 0 fully saturated rings. The molecular weight excluding hydrogens is 358 g/mol. The summed E-state index contributed by atoms with van der Waals surface area (Å²) in [6.45, 7) is 5.08. The van der Waals surface area contributed by atoms with Gasteiger partial charge >= 0.3 is 5.69 Å². The van der Waals surface area contributed by atoms with E-state index in [4.69, 9.17) is 5.73 Å². The summed E-state index contributed by atoms with van der Waals surface area (Å²) < 4.78 is 1.26. The predicted molar refractivity (Wildman–Crippen MR) is 111 cm³/mol. The second-order valence-electron chi connectivity index (χ2n) is 7.14. The number of carbonyl (C=O) groups excluding carboxylic acids is 1. The summed E-state index contributed by atoms with van der Waals surface area (Å²) in [6, 6.07) is 9.28. The maximum Gasteiger partial charge on any atom is 0.330 e. The number of quaternary nitrogens is 1. The van der Waals surface area contributed by atoms with Gasteiger partial charge < -0.3 is 15.5 Å². The molecule has 1 aromatic heterocycles. The minimum absolute atomic E-state index is 0.0180. The summed E-state index contributed by atoms with van der Waals surface area (Å²) in [5.74, 6) is -0.294. The molecule has 1 atom stereocenters. The number of likely N-dealkylation sites (N-methyl/N-ethyl adjacent to an activating group) is 2. The number of anilines is 2. The summed E-state index contributed by atoms with van der Waals surface area (Å²) in [4.78, 5) is 41.7. The quantitative estimate of drug-likeness (QED) is 0.564. The van der Waals surface area contributed by atoms with E-state index in [1.165, 1.54) is 22.1 Å². The van der Waals surface area contributed by atoms with Gasteiger partial charge in [0.2, 0.25) is 0 Å². The number of nitrogens with one attached hydrogen (secondary N) is 2. The normalized spacial score (nSPS) is 11.7. The van der Waals surface area contributed by atoms with Crippen molar-refractivity contribution in [2.24, 2.45) is 0 Å². The van der Waals surface area contributed by atoms with Gasteiger partial charge in [-0.2, -0.15) is 0 Å². The van der Waals surface area contributed by atoms with Crippen LogP contribution in [-0.4, -0.2) is 42.6 Å². The number of aromatic amines is 1. The van der Waals surface area contributed by atoms with Crippen LogP contribution in [0.4, 0.5) is 11.5 Å². The van der Waals surface area contributed by atoms with E-state index in [1.807, 2.05) is 57.3 Å². The number of aromatic nitrogens is 2. The highest BCUT2D eigenvalue weighted by Crippen LogP contribution is 2.16. The number of amides is 1. The fourth-order valence-electron chi connectivity index (χ4n) is 2.78. The molecule has 0 aliphatic heterocycles. The molecule has 0 saturated carbocycles. The van der Waals surface area contributed by atoms with Gasteiger partial charge in [0, 0.05) is 7.05 Å². The topological polar surface area (TPSA) is 106 Å². The predicted octanol–water partition coefficient (Wildman–Crippen LogP) is -0.389. The Kier molecular flexibility index (Phi) is 6.94. The number of nitrogens with two attached hydrogens (primary N) is 1. The van der Waals surface area contributed by atoms with Crippen LogP contribution in [0.5, 0.6) is 0 Å². The highest BCUT2D eigenvalue weighted by molar-refractivity contribution is 5.95. The highest BCUT2D eigenvalue weighted by atomic mass is 16.2. The molecule has 1 heterocycles. The minimum atomic E-state index is -0.676. The van der Waals surface area contributed by atoms with Crippen LogP contribution in [0.1, 0.15) is 19.4 Å². The van der Waals surface area contributed by atoms with Gasteiger partial charge in [0.25, 0.3) is 11.5 Å². The number of rotatable bonds is 7. The Bertz CT molecular complexity index is 972. The van der Waals surface area contributed by atoms with Crippen molar-refractivity contribution in [1.29, 1.82) is 0 Å². The lowest BCUT2D eigenvalue weighted by Gasteiger charge is -2.21. The minimum Gasteiger partial charge on any atom is -0.383 e. The zero-order chi connectivity index (χ0) is 20.8. The summed E-state index contributed by atoms with van der Waals surface area (Å²) in [5, 5.41) is 0. The standard InChI is InChI=1S/C20H27N5O3/c1-14(2)10-11-23(3)13-16(26)24(4)17-18(21)25(20(28)22-19(17)27)12-15-8-6-5-7-9-15/h5-10H,11-13,21H2,1-4H3,(H,22,27,28)/p+1. The smallest absolute Gasteiger partial charge is 0.330 e. The van der Waals surface area contributed by atoms with Crippen molar-refractivity contribution < 1.29 is 9.69 Å². The third-order valence-corrected chi connectivity index (χ3v) is 4.42. The van der Waals surface area contributed by atoms with E-state index in [2.05, 4.69) is 4.98 Å². The molecule has 1 unspecified atom stereocenters. The van der Waals surface area contributed by atoms with Crippen molar-refractivity contribution in [1.82, 2.24) is 9.55 Å². The zero-order valence-electron chi connectivity index (χ0n) is 16.8. The van der Waals surface area contributed by atoms with Crippen molar-refractivity contribution in [3.63, 3.8) is 0 Å². The van der Waals surface area contributed by atoms with Crippen LogP contribution >= 0.6 is 0 Å². The van der Waals surface area contributed by atoms with Crippen LogP contribution in [0.25, 0.3) is 0 Å². The van der Waals surface area contributed by atoms with Gasteiger partial charge in [0.05, 0.1) is 20.1 Å². The Balaban J connectivity index is 2.30. The number of hydrogen-bond donors (Lipinski definition) is 3. The van der Waals surface area contributed by atoms with Gasteiger partial charge in [-0.3, -0.25) is 19.1 Å². The van der Waals surface area contributed by atoms with E-state index in [9.17, 15) is 14.4 Å². The third-order valence-electron chi connectivity index (χ3n) is 4.42. The Hall–Kier alpha value is -3.13. The molecule has 2 aromatic rings. The van der Waals surface area contributed by atoms with Gasteiger partial charge in [-0.1, -0.05) is 35.9 Å². The molecule has 8 heteroatoms. The monoisotopic (exact) mass is 386 g/mol.